The first-order valence-corrected chi connectivity index (χ1v) is 9.25. The van der Waals surface area contributed by atoms with Crippen molar-refractivity contribution in [2.24, 2.45) is 0 Å². The molecule has 2 aromatic carbocycles. The highest BCUT2D eigenvalue weighted by atomic mass is 32.1. The monoisotopic (exact) mass is 383 g/mol. The smallest absolute Gasteiger partial charge is 0.224 e. The molecule has 0 spiro atoms. The van der Waals surface area contributed by atoms with Crippen molar-refractivity contribution in [2.75, 3.05) is 10.6 Å². The van der Waals surface area contributed by atoms with E-state index in [1.807, 2.05) is 5.38 Å². The Labute approximate surface area is 160 Å². The molecule has 138 valence electrons. The number of carbonyl (C=O) groups excluding carboxylic acids is 2. The van der Waals surface area contributed by atoms with Gasteiger partial charge in [-0.15, -0.1) is 11.3 Å². The molecule has 3 rings (SSSR count). The highest BCUT2D eigenvalue weighted by molar-refractivity contribution is 7.09. The summed E-state index contributed by atoms with van der Waals surface area (Å²) < 4.78 is 13.0. The summed E-state index contributed by atoms with van der Waals surface area (Å²) in [6.07, 6.45) is 0.809. The second kappa shape index (κ2) is 8.55. The fraction of sp³-hybridized carbons (Fsp3) is 0.150. The van der Waals surface area contributed by atoms with Crippen molar-refractivity contribution in [3.63, 3.8) is 0 Å². The molecule has 0 saturated carbocycles. The van der Waals surface area contributed by atoms with Crippen LogP contribution in [0.3, 0.4) is 0 Å². The van der Waals surface area contributed by atoms with Crippen LogP contribution in [0.5, 0.6) is 0 Å². The third kappa shape index (κ3) is 5.46. The predicted molar refractivity (Wildman–Crippen MR) is 105 cm³/mol. The molecule has 27 heavy (non-hydrogen) atoms. The summed E-state index contributed by atoms with van der Waals surface area (Å²) in [7, 11) is 0. The fourth-order valence-corrected chi connectivity index (χ4v) is 3.31. The number of amides is 2. The van der Waals surface area contributed by atoms with Gasteiger partial charge in [-0.2, -0.15) is 0 Å². The van der Waals surface area contributed by atoms with Gasteiger partial charge in [-0.25, -0.2) is 9.37 Å². The van der Waals surface area contributed by atoms with E-state index < -0.39 is 0 Å². The molecule has 0 radical (unpaired) electrons. The van der Waals surface area contributed by atoms with E-state index in [-0.39, 0.29) is 17.6 Å². The van der Waals surface area contributed by atoms with Gasteiger partial charge in [0.25, 0.3) is 0 Å². The Hall–Kier alpha value is -3.06. The Kier molecular flexibility index (Phi) is 5.93. The third-order valence-electron chi connectivity index (χ3n) is 3.72. The molecule has 5 nitrogen and oxygen atoms in total. The Bertz CT molecular complexity index is 954. The number of hydrogen-bond acceptors (Lipinski definition) is 4. The number of nitrogens with one attached hydrogen (secondary N) is 2. The van der Waals surface area contributed by atoms with E-state index in [0.29, 0.717) is 24.2 Å². The lowest BCUT2D eigenvalue weighted by Gasteiger charge is -2.07. The largest absolute Gasteiger partial charge is 0.326 e. The summed E-state index contributed by atoms with van der Waals surface area (Å²) >= 11 is 1.47. The predicted octanol–water partition coefficient (Wildman–Crippen LogP) is 4.48. The van der Waals surface area contributed by atoms with Gasteiger partial charge in [-0.3, -0.25) is 9.59 Å². The lowest BCUT2D eigenvalue weighted by Crippen LogP contribution is -2.13. The Morgan fingerprint density at radius 2 is 1.78 bits per heavy atom. The van der Waals surface area contributed by atoms with Crippen LogP contribution in [-0.2, 0) is 16.0 Å². The number of carbonyl (C=O) groups is 2. The van der Waals surface area contributed by atoms with Crippen molar-refractivity contribution in [3.8, 4) is 11.3 Å². The first-order valence-electron chi connectivity index (χ1n) is 8.37. The number of aryl methyl sites for hydroxylation is 1. The van der Waals surface area contributed by atoms with E-state index in [1.165, 1.54) is 30.4 Å². The van der Waals surface area contributed by atoms with Gasteiger partial charge >= 0.3 is 0 Å². The number of thiazole rings is 1. The van der Waals surface area contributed by atoms with Crippen molar-refractivity contribution >= 4 is 34.5 Å². The van der Waals surface area contributed by atoms with E-state index in [0.717, 1.165) is 16.3 Å². The molecule has 0 fully saturated rings. The molecule has 2 N–H and O–H groups in total. The van der Waals surface area contributed by atoms with Crippen LogP contribution in [0.15, 0.2) is 53.9 Å². The minimum Gasteiger partial charge on any atom is -0.326 e. The number of nitrogens with zero attached hydrogens (tertiary/aromatic N) is 1. The van der Waals surface area contributed by atoms with Crippen molar-refractivity contribution in [2.45, 2.75) is 19.8 Å². The van der Waals surface area contributed by atoms with Crippen molar-refractivity contribution < 1.29 is 14.0 Å². The number of benzene rings is 2. The van der Waals surface area contributed by atoms with Gasteiger partial charge in [0.15, 0.2) is 0 Å². The van der Waals surface area contributed by atoms with Gasteiger partial charge < -0.3 is 10.6 Å². The molecular weight excluding hydrogens is 365 g/mol. The van der Waals surface area contributed by atoms with Crippen LogP contribution < -0.4 is 10.6 Å². The molecule has 0 unspecified atom stereocenters. The van der Waals surface area contributed by atoms with Gasteiger partial charge in [-0.05, 0) is 42.5 Å². The number of rotatable bonds is 6. The van der Waals surface area contributed by atoms with Crippen LogP contribution in [0.2, 0.25) is 0 Å². The molecule has 1 heterocycles. The standard InChI is InChI=1S/C20H18FN3O2S/c1-13(25)22-16-3-2-4-17(11-16)23-19(26)9-10-20-24-18(12-27-20)14-5-7-15(21)8-6-14/h2-8,11-12H,9-10H2,1H3,(H,22,25)(H,23,26). The van der Waals surface area contributed by atoms with Gasteiger partial charge in [-0.1, -0.05) is 6.07 Å². The molecule has 3 aromatic rings. The molecule has 2 amide bonds. The van der Waals surface area contributed by atoms with Crippen LogP contribution in [0, 0.1) is 5.82 Å². The second-order valence-corrected chi connectivity index (χ2v) is 6.89. The average Bonchev–Trinajstić information content (AvgIpc) is 3.09. The number of anilines is 2. The van der Waals surface area contributed by atoms with Crippen LogP contribution in [-0.4, -0.2) is 16.8 Å². The molecule has 0 bridgehead atoms. The first-order chi connectivity index (χ1) is 13.0. The summed E-state index contributed by atoms with van der Waals surface area (Å²) in [4.78, 5) is 27.8. The highest BCUT2D eigenvalue weighted by Gasteiger charge is 2.08. The minimum atomic E-state index is -0.284. The summed E-state index contributed by atoms with van der Waals surface area (Å²) in [5, 5.41) is 8.24. The molecule has 0 aliphatic carbocycles. The maximum Gasteiger partial charge on any atom is 0.224 e. The van der Waals surface area contributed by atoms with Gasteiger partial charge in [0.2, 0.25) is 11.8 Å². The van der Waals surface area contributed by atoms with E-state index >= 15 is 0 Å². The molecule has 7 heteroatoms. The first kappa shape index (κ1) is 18.7. The Morgan fingerprint density at radius 1 is 1.07 bits per heavy atom. The zero-order valence-corrected chi connectivity index (χ0v) is 15.5. The zero-order valence-electron chi connectivity index (χ0n) is 14.7. The molecule has 0 aliphatic rings. The maximum absolute atomic E-state index is 13.0. The number of aromatic nitrogens is 1. The van der Waals surface area contributed by atoms with E-state index in [9.17, 15) is 14.0 Å². The lowest BCUT2D eigenvalue weighted by molar-refractivity contribution is -0.116. The fourth-order valence-electron chi connectivity index (χ4n) is 2.50. The van der Waals surface area contributed by atoms with Crippen molar-refractivity contribution in [3.05, 3.63) is 64.7 Å². The number of hydrogen-bond donors (Lipinski definition) is 2. The average molecular weight is 383 g/mol. The van der Waals surface area contributed by atoms with Crippen LogP contribution >= 0.6 is 11.3 Å². The quantitative estimate of drug-likeness (QED) is 0.659. The normalized spacial score (nSPS) is 10.4. The summed E-state index contributed by atoms with van der Waals surface area (Å²) in [6, 6.07) is 13.1. The van der Waals surface area contributed by atoms with Gasteiger partial charge in [0.1, 0.15) is 5.82 Å². The van der Waals surface area contributed by atoms with Crippen LogP contribution in [0.4, 0.5) is 15.8 Å². The van der Waals surface area contributed by atoms with Crippen LogP contribution in [0.1, 0.15) is 18.4 Å². The van der Waals surface area contributed by atoms with Gasteiger partial charge in [0, 0.05) is 42.1 Å². The molecule has 1 aromatic heterocycles. The lowest BCUT2D eigenvalue weighted by atomic mass is 10.2. The van der Waals surface area contributed by atoms with Crippen LogP contribution in [0.25, 0.3) is 11.3 Å². The molecule has 0 aliphatic heterocycles. The Balaban J connectivity index is 1.55. The minimum absolute atomic E-state index is 0.131. The second-order valence-electron chi connectivity index (χ2n) is 5.94. The van der Waals surface area contributed by atoms with Crippen molar-refractivity contribution in [1.29, 1.82) is 0 Å². The van der Waals surface area contributed by atoms with Crippen molar-refractivity contribution in [1.82, 2.24) is 4.98 Å². The topological polar surface area (TPSA) is 71.1 Å². The molecular formula is C20H18FN3O2S. The SMILES string of the molecule is CC(=O)Nc1cccc(NC(=O)CCc2nc(-c3ccc(F)cc3)cs2)c1. The number of halogens is 1. The highest BCUT2D eigenvalue weighted by Crippen LogP contribution is 2.23. The Morgan fingerprint density at radius 3 is 2.48 bits per heavy atom. The van der Waals surface area contributed by atoms with E-state index in [4.69, 9.17) is 0 Å². The van der Waals surface area contributed by atoms with E-state index in [2.05, 4.69) is 15.6 Å². The summed E-state index contributed by atoms with van der Waals surface area (Å²) in [5.41, 5.74) is 2.87. The molecule has 0 saturated heterocycles. The third-order valence-corrected chi connectivity index (χ3v) is 4.63. The maximum atomic E-state index is 13.0. The summed E-state index contributed by atoms with van der Waals surface area (Å²) in [5.74, 6) is -0.582. The van der Waals surface area contributed by atoms with Gasteiger partial charge in [0.05, 0.1) is 10.7 Å². The zero-order chi connectivity index (χ0) is 19.2. The summed E-state index contributed by atoms with van der Waals surface area (Å²) in [6.45, 7) is 1.43. The van der Waals surface area contributed by atoms with E-state index in [1.54, 1.807) is 36.4 Å². The molecule has 0 atom stereocenters.